The van der Waals surface area contributed by atoms with Crippen molar-refractivity contribution >= 4 is 29.6 Å². The summed E-state index contributed by atoms with van der Waals surface area (Å²) in [5.74, 6) is -4.16. The van der Waals surface area contributed by atoms with E-state index < -0.39 is 60.8 Å². The molecule has 0 aliphatic heterocycles. The fourth-order valence-electron chi connectivity index (χ4n) is 2.38. The van der Waals surface area contributed by atoms with Crippen LogP contribution in [0.2, 0.25) is 0 Å². The molecule has 0 aromatic heterocycles. The smallest absolute Gasteiger partial charge is 0.322 e. The lowest BCUT2D eigenvalue weighted by atomic mass is 9.98. The van der Waals surface area contributed by atoms with Gasteiger partial charge in [0.1, 0.15) is 18.6 Å². The minimum absolute atomic E-state index is 0.109. The fraction of sp³-hybridized carbons (Fsp3) is 0.737. The summed E-state index contributed by atoms with van der Waals surface area (Å²) < 4.78 is 0. The van der Waals surface area contributed by atoms with Crippen molar-refractivity contribution in [2.24, 2.45) is 23.5 Å². The minimum atomic E-state index is -1.21. The molecule has 7 N–H and O–H groups in total. The van der Waals surface area contributed by atoms with E-state index in [9.17, 15) is 24.0 Å². The van der Waals surface area contributed by atoms with E-state index in [0.717, 1.165) is 0 Å². The Hall–Kier alpha value is -2.69. The lowest BCUT2D eigenvalue weighted by molar-refractivity contribution is -0.138. The van der Waals surface area contributed by atoms with Crippen molar-refractivity contribution in [3.8, 4) is 0 Å². The van der Waals surface area contributed by atoms with Crippen LogP contribution in [0.1, 0.15) is 41.5 Å². The third-order valence-electron chi connectivity index (χ3n) is 4.37. The predicted octanol–water partition coefficient (Wildman–Crippen LogP) is -1.43. The van der Waals surface area contributed by atoms with Gasteiger partial charge in [0.25, 0.3) is 0 Å². The van der Waals surface area contributed by atoms with E-state index in [0.29, 0.717) is 0 Å². The molecule has 0 radical (unpaired) electrons. The second kappa shape index (κ2) is 12.8. The zero-order chi connectivity index (χ0) is 23.6. The summed E-state index contributed by atoms with van der Waals surface area (Å²) in [5.41, 5.74) is 5.84. The number of amides is 4. The Morgan fingerprint density at radius 1 is 0.700 bits per heavy atom. The maximum Gasteiger partial charge on any atom is 0.322 e. The number of rotatable bonds is 12. The molecule has 0 saturated carbocycles. The van der Waals surface area contributed by atoms with Gasteiger partial charge >= 0.3 is 5.97 Å². The molecule has 0 bridgehead atoms. The van der Waals surface area contributed by atoms with Crippen molar-refractivity contribution in [3.63, 3.8) is 0 Å². The van der Waals surface area contributed by atoms with E-state index in [1.807, 2.05) is 0 Å². The van der Waals surface area contributed by atoms with Gasteiger partial charge in [0, 0.05) is 0 Å². The van der Waals surface area contributed by atoms with Crippen molar-refractivity contribution in [2.75, 3.05) is 13.1 Å². The van der Waals surface area contributed by atoms with E-state index in [4.69, 9.17) is 10.8 Å². The van der Waals surface area contributed by atoms with Gasteiger partial charge in [-0.05, 0) is 17.8 Å². The van der Waals surface area contributed by atoms with E-state index in [2.05, 4.69) is 21.3 Å². The molecule has 0 aliphatic rings. The molecule has 3 atom stereocenters. The molecule has 0 heterocycles. The van der Waals surface area contributed by atoms with Crippen molar-refractivity contribution in [1.29, 1.82) is 0 Å². The largest absolute Gasteiger partial charge is 0.480 e. The van der Waals surface area contributed by atoms with Crippen molar-refractivity contribution in [2.45, 2.75) is 59.7 Å². The summed E-state index contributed by atoms with van der Waals surface area (Å²) in [5, 5.41) is 18.3. The van der Waals surface area contributed by atoms with Gasteiger partial charge in [0.05, 0.1) is 12.6 Å². The monoisotopic (exact) mass is 429 g/mol. The van der Waals surface area contributed by atoms with Gasteiger partial charge in [-0.3, -0.25) is 24.0 Å². The van der Waals surface area contributed by atoms with Gasteiger partial charge in [-0.2, -0.15) is 0 Å². The highest BCUT2D eigenvalue weighted by atomic mass is 16.4. The van der Waals surface area contributed by atoms with Crippen LogP contribution in [0.15, 0.2) is 0 Å². The lowest BCUT2D eigenvalue weighted by Crippen LogP contribution is -2.59. The van der Waals surface area contributed by atoms with Crippen molar-refractivity contribution < 1.29 is 29.1 Å². The molecular weight excluding hydrogens is 394 g/mol. The van der Waals surface area contributed by atoms with Crippen molar-refractivity contribution in [1.82, 2.24) is 21.3 Å². The van der Waals surface area contributed by atoms with Gasteiger partial charge < -0.3 is 32.1 Å². The standard InChI is InChI=1S/C19H35N5O6/c1-9(2)14(20)17(28)23-16(11(5)6)19(30)24-15(10(3)4)18(29)22-7-12(25)21-8-13(26)27/h9-11,14-16H,7-8,20H2,1-6H3,(H,21,25)(H,22,29)(H,23,28)(H,24,30)(H,26,27)/t14-,15-,16-/m0/s1. The van der Waals surface area contributed by atoms with Crippen LogP contribution in [-0.2, 0) is 24.0 Å². The van der Waals surface area contributed by atoms with Crippen LogP contribution in [0.4, 0.5) is 0 Å². The molecule has 30 heavy (non-hydrogen) atoms. The highest BCUT2D eigenvalue weighted by Gasteiger charge is 2.31. The average molecular weight is 430 g/mol. The second-order valence-corrected chi connectivity index (χ2v) is 8.12. The topological polar surface area (TPSA) is 180 Å². The van der Waals surface area contributed by atoms with Gasteiger partial charge in [0.15, 0.2) is 0 Å². The number of nitrogens with one attached hydrogen (secondary N) is 4. The molecule has 0 unspecified atom stereocenters. The van der Waals surface area contributed by atoms with Crippen LogP contribution < -0.4 is 27.0 Å². The maximum atomic E-state index is 12.8. The highest BCUT2D eigenvalue weighted by Crippen LogP contribution is 2.08. The Balaban J connectivity index is 5.05. The van der Waals surface area contributed by atoms with Crippen LogP contribution >= 0.6 is 0 Å². The zero-order valence-corrected chi connectivity index (χ0v) is 18.4. The summed E-state index contributed by atoms with van der Waals surface area (Å²) >= 11 is 0. The van der Waals surface area contributed by atoms with Gasteiger partial charge in [-0.1, -0.05) is 41.5 Å². The number of aliphatic carboxylic acids is 1. The second-order valence-electron chi connectivity index (χ2n) is 8.12. The Kier molecular flexibility index (Phi) is 11.6. The van der Waals surface area contributed by atoms with E-state index in [1.54, 1.807) is 41.5 Å². The molecule has 0 fully saturated rings. The molecule has 0 rings (SSSR count). The SMILES string of the molecule is CC(C)[C@H](N)C(=O)N[C@H](C(=O)N[C@H](C(=O)NCC(=O)NCC(=O)O)C(C)C)C(C)C. The molecule has 0 aromatic carbocycles. The molecule has 0 spiro atoms. The minimum Gasteiger partial charge on any atom is -0.480 e. The molecule has 172 valence electrons. The van der Waals surface area contributed by atoms with Gasteiger partial charge in [0.2, 0.25) is 23.6 Å². The number of carbonyl (C=O) groups excluding carboxylic acids is 4. The van der Waals surface area contributed by atoms with Crippen molar-refractivity contribution in [3.05, 3.63) is 0 Å². The number of carboxylic acids is 1. The van der Waals surface area contributed by atoms with Crippen LogP contribution in [0.3, 0.4) is 0 Å². The summed E-state index contributed by atoms with van der Waals surface area (Å²) in [6.07, 6.45) is 0. The summed E-state index contributed by atoms with van der Waals surface area (Å²) in [7, 11) is 0. The normalized spacial score (nSPS) is 14.1. The number of hydrogen-bond acceptors (Lipinski definition) is 6. The molecule has 0 aromatic rings. The maximum absolute atomic E-state index is 12.8. The molecule has 0 aliphatic carbocycles. The van der Waals surface area contributed by atoms with Gasteiger partial charge in [-0.25, -0.2) is 0 Å². The molecule has 11 nitrogen and oxygen atoms in total. The summed E-state index contributed by atoms with van der Waals surface area (Å²) in [6.45, 7) is 9.53. The molecule has 4 amide bonds. The van der Waals surface area contributed by atoms with E-state index in [1.165, 1.54) is 0 Å². The first-order valence-electron chi connectivity index (χ1n) is 9.90. The molecule has 11 heteroatoms. The predicted molar refractivity (Wildman–Crippen MR) is 110 cm³/mol. The van der Waals surface area contributed by atoms with Crippen LogP contribution in [0.25, 0.3) is 0 Å². The first kappa shape index (κ1) is 27.3. The summed E-state index contributed by atoms with van der Waals surface area (Å²) in [6, 6.07) is -2.62. The number of carboxylic acid groups (broad SMARTS) is 1. The Morgan fingerprint density at radius 3 is 1.60 bits per heavy atom. The van der Waals surface area contributed by atoms with Crippen LogP contribution in [0, 0.1) is 17.8 Å². The van der Waals surface area contributed by atoms with Crippen LogP contribution in [-0.4, -0.2) is 65.9 Å². The highest BCUT2D eigenvalue weighted by molar-refractivity contribution is 5.94. The number of carbonyl (C=O) groups is 5. The van der Waals surface area contributed by atoms with Crippen LogP contribution in [0.5, 0.6) is 0 Å². The molecular formula is C19H35N5O6. The third-order valence-corrected chi connectivity index (χ3v) is 4.37. The van der Waals surface area contributed by atoms with E-state index >= 15 is 0 Å². The van der Waals surface area contributed by atoms with E-state index in [-0.39, 0.29) is 17.8 Å². The Bertz CT molecular complexity index is 635. The number of nitrogens with two attached hydrogens (primary N) is 1. The Labute approximate surface area is 176 Å². The average Bonchev–Trinajstić information content (AvgIpc) is 2.64. The Morgan fingerprint density at radius 2 is 1.17 bits per heavy atom. The summed E-state index contributed by atoms with van der Waals surface area (Å²) in [4.78, 5) is 59.5. The quantitative estimate of drug-likeness (QED) is 0.220. The van der Waals surface area contributed by atoms with Gasteiger partial charge in [-0.15, -0.1) is 0 Å². The number of hydrogen-bond donors (Lipinski definition) is 6. The lowest BCUT2D eigenvalue weighted by Gasteiger charge is -2.28. The zero-order valence-electron chi connectivity index (χ0n) is 18.4. The third kappa shape index (κ3) is 9.68. The first-order chi connectivity index (χ1) is 13.8. The fourth-order valence-corrected chi connectivity index (χ4v) is 2.38. The first-order valence-corrected chi connectivity index (χ1v) is 9.90. The molecule has 0 saturated heterocycles.